The number of ether oxygens (including phenoxy) is 3. The molecule has 0 aliphatic rings. The molecule has 0 saturated carbocycles. The molecule has 0 atom stereocenters. The van der Waals surface area contributed by atoms with Gasteiger partial charge in [-0.1, -0.05) is 5.16 Å². The van der Waals surface area contributed by atoms with Gasteiger partial charge in [0.15, 0.2) is 0 Å². The molecule has 2 rings (SSSR count). The molecule has 0 bridgehead atoms. The molecule has 1 heterocycles. The van der Waals surface area contributed by atoms with Gasteiger partial charge in [-0.25, -0.2) is 10.3 Å². The van der Waals surface area contributed by atoms with Gasteiger partial charge >= 0.3 is 5.97 Å². The largest absolute Gasteiger partial charge is 0.491 e. The Morgan fingerprint density at radius 2 is 1.92 bits per heavy atom. The summed E-state index contributed by atoms with van der Waals surface area (Å²) in [5, 5.41) is 3.52. The monoisotopic (exact) mass is 336 g/mol. The van der Waals surface area contributed by atoms with Crippen molar-refractivity contribution >= 4 is 11.7 Å². The van der Waals surface area contributed by atoms with E-state index in [2.05, 4.69) is 10.6 Å². The SMILES string of the molecule is COCCOCCOc1ccc(NOC(=O)c2cnoc2C)cc1. The van der Waals surface area contributed by atoms with Crippen LogP contribution in [0.25, 0.3) is 0 Å². The minimum Gasteiger partial charge on any atom is -0.491 e. The number of methoxy groups -OCH3 is 1. The van der Waals surface area contributed by atoms with E-state index in [0.717, 1.165) is 0 Å². The maximum Gasteiger partial charge on any atom is 0.368 e. The predicted molar refractivity (Wildman–Crippen MR) is 84.9 cm³/mol. The Bertz CT molecular complexity index is 626. The molecule has 2 aromatic rings. The standard InChI is InChI=1S/C16H20N2O6/c1-12-15(11-17-23-12)16(19)24-18-13-3-5-14(6-4-13)22-10-9-21-8-7-20-2/h3-6,11,18H,7-10H2,1-2H3. The molecule has 0 fully saturated rings. The zero-order valence-corrected chi connectivity index (χ0v) is 13.6. The van der Waals surface area contributed by atoms with Gasteiger partial charge in [0.1, 0.15) is 23.7 Å². The molecule has 0 unspecified atom stereocenters. The van der Waals surface area contributed by atoms with Gasteiger partial charge in [0.2, 0.25) is 0 Å². The number of benzene rings is 1. The zero-order chi connectivity index (χ0) is 17.2. The first-order valence-electron chi connectivity index (χ1n) is 7.38. The van der Waals surface area contributed by atoms with Crippen LogP contribution in [0.15, 0.2) is 35.0 Å². The highest BCUT2D eigenvalue weighted by atomic mass is 16.7. The summed E-state index contributed by atoms with van der Waals surface area (Å²) < 4.78 is 20.5. The van der Waals surface area contributed by atoms with E-state index >= 15 is 0 Å². The minimum atomic E-state index is -0.567. The van der Waals surface area contributed by atoms with E-state index in [9.17, 15) is 4.79 Å². The molecule has 8 heteroatoms. The van der Waals surface area contributed by atoms with Crippen LogP contribution >= 0.6 is 0 Å². The average Bonchev–Trinajstić information content (AvgIpc) is 3.03. The minimum absolute atomic E-state index is 0.274. The van der Waals surface area contributed by atoms with Crippen LogP contribution < -0.4 is 10.2 Å². The third-order valence-corrected chi connectivity index (χ3v) is 3.01. The molecule has 8 nitrogen and oxygen atoms in total. The number of carbonyl (C=O) groups is 1. The van der Waals surface area contributed by atoms with Crippen molar-refractivity contribution in [1.82, 2.24) is 5.16 Å². The second-order valence-corrected chi connectivity index (χ2v) is 4.77. The van der Waals surface area contributed by atoms with Crippen LogP contribution in [0.2, 0.25) is 0 Å². The number of nitrogens with zero attached hydrogens (tertiary/aromatic N) is 1. The fourth-order valence-corrected chi connectivity index (χ4v) is 1.74. The first kappa shape index (κ1) is 17.8. The zero-order valence-electron chi connectivity index (χ0n) is 13.6. The van der Waals surface area contributed by atoms with Crippen LogP contribution in [-0.2, 0) is 14.3 Å². The van der Waals surface area contributed by atoms with Gasteiger partial charge in [0.05, 0.1) is 31.7 Å². The first-order valence-corrected chi connectivity index (χ1v) is 7.38. The van der Waals surface area contributed by atoms with Crippen LogP contribution in [0, 0.1) is 6.92 Å². The van der Waals surface area contributed by atoms with Gasteiger partial charge in [0.25, 0.3) is 0 Å². The highest BCUT2D eigenvalue weighted by molar-refractivity contribution is 5.90. The number of carbonyl (C=O) groups excluding carboxylic acids is 1. The van der Waals surface area contributed by atoms with Gasteiger partial charge in [0, 0.05) is 7.11 Å². The Hall–Kier alpha value is -2.58. The lowest BCUT2D eigenvalue weighted by molar-refractivity contribution is 0.0544. The lowest BCUT2D eigenvalue weighted by Crippen LogP contribution is -2.11. The Labute approximate surface area is 139 Å². The van der Waals surface area contributed by atoms with Crippen molar-refractivity contribution in [2.45, 2.75) is 6.92 Å². The van der Waals surface area contributed by atoms with Gasteiger partial charge < -0.3 is 23.6 Å². The lowest BCUT2D eigenvalue weighted by Gasteiger charge is -2.09. The molecule has 0 saturated heterocycles. The summed E-state index contributed by atoms with van der Waals surface area (Å²) in [5.41, 5.74) is 3.45. The number of aryl methyl sites for hydroxylation is 1. The van der Waals surface area contributed by atoms with Crippen molar-refractivity contribution in [1.29, 1.82) is 0 Å². The Balaban J connectivity index is 1.70. The summed E-state index contributed by atoms with van der Waals surface area (Å²) in [6.45, 7) is 3.67. The maximum atomic E-state index is 11.8. The number of hydrogen-bond acceptors (Lipinski definition) is 8. The van der Waals surface area contributed by atoms with Crippen molar-refractivity contribution < 1.29 is 28.4 Å². The van der Waals surface area contributed by atoms with Gasteiger partial charge in [-0.2, -0.15) is 0 Å². The molecule has 0 radical (unpaired) electrons. The van der Waals surface area contributed by atoms with Crippen LogP contribution in [-0.4, -0.2) is 44.7 Å². The summed E-state index contributed by atoms with van der Waals surface area (Å²) in [6.07, 6.45) is 1.31. The van der Waals surface area contributed by atoms with E-state index in [1.54, 1.807) is 38.3 Å². The summed E-state index contributed by atoms with van der Waals surface area (Å²) in [4.78, 5) is 16.8. The predicted octanol–water partition coefficient (Wildman–Crippen LogP) is 2.21. The fraction of sp³-hybridized carbons (Fsp3) is 0.375. The van der Waals surface area contributed by atoms with Gasteiger partial charge in [-0.3, -0.25) is 0 Å². The Morgan fingerprint density at radius 1 is 1.17 bits per heavy atom. The molecule has 1 aromatic heterocycles. The highest BCUT2D eigenvalue weighted by Crippen LogP contribution is 2.16. The van der Waals surface area contributed by atoms with Crippen molar-refractivity contribution in [3.8, 4) is 5.75 Å². The summed E-state index contributed by atoms with van der Waals surface area (Å²) in [7, 11) is 1.62. The van der Waals surface area contributed by atoms with E-state index in [1.807, 2.05) is 0 Å². The molecule has 1 N–H and O–H groups in total. The summed E-state index contributed by atoms with van der Waals surface area (Å²) in [6, 6.07) is 6.98. The smallest absolute Gasteiger partial charge is 0.368 e. The lowest BCUT2D eigenvalue weighted by atomic mass is 10.3. The van der Waals surface area contributed by atoms with Crippen molar-refractivity contribution in [3.05, 3.63) is 41.8 Å². The highest BCUT2D eigenvalue weighted by Gasteiger charge is 2.14. The summed E-state index contributed by atoms with van der Waals surface area (Å²) >= 11 is 0. The third kappa shape index (κ3) is 5.56. The molecular weight excluding hydrogens is 316 g/mol. The number of nitrogens with one attached hydrogen (secondary N) is 1. The number of hydrogen-bond donors (Lipinski definition) is 1. The molecule has 0 aliphatic carbocycles. The first-order chi connectivity index (χ1) is 11.7. The maximum absolute atomic E-state index is 11.8. The second-order valence-electron chi connectivity index (χ2n) is 4.77. The van der Waals surface area contributed by atoms with E-state index in [4.69, 9.17) is 23.6 Å². The third-order valence-electron chi connectivity index (χ3n) is 3.01. The average molecular weight is 336 g/mol. The second kappa shape index (κ2) is 9.53. The van der Waals surface area contributed by atoms with Crippen molar-refractivity contribution in [2.75, 3.05) is 39.0 Å². The summed E-state index contributed by atoms with van der Waals surface area (Å²) in [5.74, 6) is 0.526. The molecule has 0 aliphatic heterocycles. The Kier molecular flexibility index (Phi) is 7.06. The van der Waals surface area contributed by atoms with E-state index in [-0.39, 0.29) is 5.56 Å². The van der Waals surface area contributed by atoms with E-state index in [0.29, 0.717) is 43.6 Å². The fourth-order valence-electron chi connectivity index (χ4n) is 1.74. The molecular formula is C16H20N2O6. The van der Waals surface area contributed by atoms with E-state index < -0.39 is 5.97 Å². The molecule has 1 aromatic carbocycles. The molecule has 0 amide bonds. The number of rotatable bonds is 10. The Morgan fingerprint density at radius 3 is 2.58 bits per heavy atom. The normalized spacial score (nSPS) is 10.4. The van der Waals surface area contributed by atoms with Crippen LogP contribution in [0.1, 0.15) is 16.1 Å². The van der Waals surface area contributed by atoms with Crippen molar-refractivity contribution in [3.63, 3.8) is 0 Å². The van der Waals surface area contributed by atoms with Crippen LogP contribution in [0.3, 0.4) is 0 Å². The molecule has 130 valence electrons. The number of anilines is 1. The topological polar surface area (TPSA) is 92.1 Å². The molecule has 0 spiro atoms. The van der Waals surface area contributed by atoms with Crippen LogP contribution in [0.5, 0.6) is 5.75 Å². The van der Waals surface area contributed by atoms with Gasteiger partial charge in [-0.05, 0) is 31.2 Å². The molecule has 24 heavy (non-hydrogen) atoms. The number of aromatic nitrogens is 1. The van der Waals surface area contributed by atoms with Crippen molar-refractivity contribution in [2.24, 2.45) is 0 Å². The van der Waals surface area contributed by atoms with Gasteiger partial charge in [-0.15, -0.1) is 0 Å². The quantitative estimate of drug-likeness (QED) is 0.521. The van der Waals surface area contributed by atoms with Crippen LogP contribution in [0.4, 0.5) is 5.69 Å². The van der Waals surface area contributed by atoms with E-state index in [1.165, 1.54) is 6.20 Å².